The number of para-hydroxylation sites is 6. The van der Waals surface area contributed by atoms with Gasteiger partial charge in [-0.25, -0.2) is 19.9 Å². The van der Waals surface area contributed by atoms with Crippen LogP contribution in [0.15, 0.2) is 237 Å². The van der Waals surface area contributed by atoms with E-state index in [-0.39, 0.29) is 24.7 Å². The molecule has 16 nitrogen and oxygen atoms in total. The van der Waals surface area contributed by atoms with Crippen molar-refractivity contribution in [2.45, 2.75) is 167 Å². The van der Waals surface area contributed by atoms with Crippen LogP contribution < -0.4 is 39.2 Å². The van der Waals surface area contributed by atoms with Crippen molar-refractivity contribution in [1.82, 2.24) is 19.9 Å². The minimum Gasteiger partial charge on any atom is -0.435 e. The molecule has 16 heteroatoms. The minimum atomic E-state index is 0.120. The Kier molecular flexibility index (Phi) is 19.0. The first-order valence-electron chi connectivity index (χ1n) is 40.1. The molecule has 8 aromatic heterocycles. The number of hydrogen-bond acceptors (Lipinski definition) is 16. The van der Waals surface area contributed by atoms with Gasteiger partial charge in [-0.15, -0.1) is 0 Å². The topological polar surface area (TPSA) is 130 Å². The molecule has 8 aromatic carbocycles. The molecule has 4 aliphatic heterocycles. The van der Waals surface area contributed by atoms with Gasteiger partial charge in [-0.2, -0.15) is 0 Å². The van der Waals surface area contributed by atoms with Gasteiger partial charge in [0.2, 0.25) is 22.9 Å². The second-order valence-corrected chi connectivity index (χ2v) is 32.1. The van der Waals surface area contributed by atoms with E-state index in [4.69, 9.17) is 17.7 Å². The average Bonchev–Trinajstić information content (AvgIpc) is 1.63. The smallest absolute Gasteiger partial charge is 0.227 e. The summed E-state index contributed by atoms with van der Waals surface area (Å²) in [6.45, 7) is 39.1. The molecule has 0 saturated carbocycles. The Balaban J connectivity index is 0.000000110. The summed E-state index contributed by atoms with van der Waals surface area (Å²) in [6, 6.07) is 68.7. The zero-order valence-electron chi connectivity index (χ0n) is 68.8. The SMILES string of the molecule is Cc1ccc2c(n1)oc1c(N3C=CN(c4c(C(C)C)cccc4C(C)C)C3C)c(C)ccc12.Cc1ccc2c(n1)oc1c(N3C=CN(c4ccccc4)C3C)c(C)ccc12.Cc1ccc2c(n1)oc1c(N3c4ccccc4N(C(C)C)C3C)c(C)ccc12.Cc1ccc2c(n1)oc1c(N3c4ccccc4N(C)C3C)c(C)ccc12. The second-order valence-electron chi connectivity index (χ2n) is 32.1. The Morgan fingerprint density at radius 1 is 0.289 bits per heavy atom. The molecular weight excluding hydrogens is 1410 g/mol. The van der Waals surface area contributed by atoms with Crippen molar-refractivity contribution in [3.8, 4) is 0 Å². The molecular formula is C98H100N12O4. The van der Waals surface area contributed by atoms with Gasteiger partial charge in [-0.05, 0) is 227 Å². The summed E-state index contributed by atoms with van der Waals surface area (Å²) in [6.07, 6.45) is 9.35. The molecule has 16 aromatic rings. The highest BCUT2D eigenvalue weighted by atomic mass is 16.4. The van der Waals surface area contributed by atoms with Crippen LogP contribution >= 0.6 is 0 Å². The number of nitrogens with zero attached hydrogens (tertiary/aromatic N) is 12. The van der Waals surface area contributed by atoms with E-state index in [0.29, 0.717) is 40.7 Å². The molecule has 0 amide bonds. The lowest BCUT2D eigenvalue weighted by Crippen LogP contribution is -2.42. The summed E-state index contributed by atoms with van der Waals surface area (Å²) >= 11 is 0. The molecule has 0 saturated heterocycles. The molecule has 0 N–H and O–H groups in total. The fourth-order valence-corrected chi connectivity index (χ4v) is 17.7. The number of rotatable bonds is 9. The largest absolute Gasteiger partial charge is 0.435 e. The predicted molar refractivity (Wildman–Crippen MR) is 474 cm³/mol. The number of aryl methyl sites for hydroxylation is 8. The van der Waals surface area contributed by atoms with Crippen molar-refractivity contribution >= 4 is 145 Å². The molecule has 0 spiro atoms. The van der Waals surface area contributed by atoms with Crippen molar-refractivity contribution in [3.05, 3.63) is 275 Å². The van der Waals surface area contributed by atoms with E-state index in [1.807, 2.05) is 58.0 Å². The maximum Gasteiger partial charge on any atom is 0.227 e. The third-order valence-corrected chi connectivity index (χ3v) is 23.5. The molecule has 4 atom stereocenters. The highest BCUT2D eigenvalue weighted by Gasteiger charge is 2.39. The van der Waals surface area contributed by atoms with Crippen LogP contribution in [0.2, 0.25) is 0 Å². The molecule has 20 rings (SSSR count). The lowest BCUT2D eigenvalue weighted by atomic mass is 9.92. The third-order valence-electron chi connectivity index (χ3n) is 23.5. The third kappa shape index (κ3) is 12.5. The zero-order chi connectivity index (χ0) is 79.6. The van der Waals surface area contributed by atoms with Gasteiger partial charge >= 0.3 is 0 Å². The van der Waals surface area contributed by atoms with Crippen LogP contribution in [0.4, 0.5) is 56.9 Å². The Hall–Kier alpha value is -12.6. The van der Waals surface area contributed by atoms with Crippen LogP contribution in [0.5, 0.6) is 0 Å². The zero-order valence-corrected chi connectivity index (χ0v) is 68.8. The summed E-state index contributed by atoms with van der Waals surface area (Å²) in [7, 11) is 2.14. The van der Waals surface area contributed by atoms with Crippen molar-refractivity contribution in [2.75, 3.05) is 46.2 Å². The lowest BCUT2D eigenvalue weighted by Gasteiger charge is -2.34. The second kappa shape index (κ2) is 29.2. The van der Waals surface area contributed by atoms with Crippen LogP contribution in [0.25, 0.3) is 88.3 Å². The number of furan rings is 4. The lowest BCUT2D eigenvalue weighted by molar-refractivity contribution is 0.601. The highest BCUT2D eigenvalue weighted by molar-refractivity contribution is 6.13. The summed E-state index contributed by atoms with van der Waals surface area (Å²) in [5, 5.41) is 8.73. The molecule has 114 heavy (non-hydrogen) atoms. The molecule has 0 aliphatic carbocycles. The van der Waals surface area contributed by atoms with Gasteiger partial charge in [0.15, 0.2) is 22.3 Å². The van der Waals surface area contributed by atoms with Gasteiger partial charge in [-0.3, -0.25) is 0 Å². The number of pyridine rings is 4. The van der Waals surface area contributed by atoms with Crippen molar-refractivity contribution in [2.24, 2.45) is 0 Å². The van der Waals surface area contributed by atoms with E-state index in [0.717, 1.165) is 111 Å². The first kappa shape index (κ1) is 74.2. The van der Waals surface area contributed by atoms with Gasteiger partial charge in [0.25, 0.3) is 0 Å². The fraction of sp³-hybridized carbons (Fsp3) is 0.265. The van der Waals surface area contributed by atoms with Crippen molar-refractivity contribution in [3.63, 3.8) is 0 Å². The first-order valence-corrected chi connectivity index (χ1v) is 40.1. The Morgan fingerprint density at radius 2 is 0.605 bits per heavy atom. The average molecular weight is 1510 g/mol. The van der Waals surface area contributed by atoms with Gasteiger partial charge in [-0.1, -0.05) is 137 Å². The highest BCUT2D eigenvalue weighted by Crippen LogP contribution is 2.52. The van der Waals surface area contributed by atoms with Crippen LogP contribution in [0.3, 0.4) is 0 Å². The number of aromatic nitrogens is 4. The molecule has 4 aliphatic rings. The fourth-order valence-electron chi connectivity index (χ4n) is 17.7. The van der Waals surface area contributed by atoms with E-state index in [1.54, 1.807) is 0 Å². The van der Waals surface area contributed by atoms with Crippen LogP contribution in [-0.2, 0) is 0 Å². The van der Waals surface area contributed by atoms with Crippen molar-refractivity contribution < 1.29 is 17.7 Å². The molecule has 12 heterocycles. The Bertz CT molecular complexity index is 6450. The van der Waals surface area contributed by atoms with Crippen LogP contribution in [0.1, 0.15) is 137 Å². The van der Waals surface area contributed by atoms with Crippen molar-refractivity contribution in [1.29, 1.82) is 0 Å². The van der Waals surface area contributed by atoms with E-state index >= 15 is 0 Å². The molecule has 0 fully saturated rings. The number of fused-ring (bicyclic) bond motifs is 14. The molecule has 0 radical (unpaired) electrons. The summed E-state index contributed by atoms with van der Waals surface area (Å²) < 4.78 is 25.2. The number of hydrogen-bond donors (Lipinski definition) is 0. The first-order chi connectivity index (χ1) is 54.9. The Labute approximate surface area is 667 Å². The van der Waals surface area contributed by atoms with Crippen LogP contribution in [0, 0.1) is 55.4 Å². The monoisotopic (exact) mass is 1510 g/mol. The minimum absolute atomic E-state index is 0.120. The number of anilines is 10. The molecule has 0 bridgehead atoms. The molecule has 576 valence electrons. The maximum absolute atomic E-state index is 6.37. The van der Waals surface area contributed by atoms with E-state index < -0.39 is 0 Å². The summed E-state index contributed by atoms with van der Waals surface area (Å²) in [4.78, 5) is 37.3. The van der Waals surface area contributed by atoms with Gasteiger partial charge in [0.05, 0.1) is 45.5 Å². The summed E-state index contributed by atoms with van der Waals surface area (Å²) in [5.41, 5.74) is 29.8. The van der Waals surface area contributed by atoms with Crippen LogP contribution in [-0.4, -0.2) is 57.7 Å². The number of benzene rings is 8. The normalized spacial score (nSPS) is 16.6. The van der Waals surface area contributed by atoms with E-state index in [2.05, 4.69) is 352 Å². The molecule has 4 unspecified atom stereocenters. The van der Waals surface area contributed by atoms with E-state index in [9.17, 15) is 0 Å². The standard InChI is InChI=1S/C29H33N3O.C24H25N3O.C23H21N3O.C22H21N3O/c1-17(2)22-9-8-10-23(18(3)4)27(22)32-16-15-31(21(32)7)26-19(5)11-13-24-25-14-12-20(6)30-29(25)33-28(24)26;1-14(2)26-17(5)27(21-9-7-6-8-20(21)26)22-15(3)10-12-18-19-13-11-16(4)25-24(19)28-23(18)22;1-15-9-11-19-20-12-10-16(2)24-23(20)27-22(19)21(15)26-14-13-25(17(26)3)18-7-5-4-6-8-18;1-13-9-11-16-17-12-10-14(2)23-22(17)26-21(16)20(13)25-15(3)24(4)18-7-5-6-8-19(18)25/h8-18,21H,1-7H3;6-14,17H,1-5H3;4-14,17H,1-3H3;5-12,15H,1-4H3. The van der Waals surface area contributed by atoms with Gasteiger partial charge in [0.1, 0.15) is 24.7 Å². The Morgan fingerprint density at radius 3 is 1.00 bits per heavy atom. The maximum atomic E-state index is 6.37. The predicted octanol–water partition coefficient (Wildman–Crippen LogP) is 25.6. The quantitative estimate of drug-likeness (QED) is 0.136. The van der Waals surface area contributed by atoms with Gasteiger partial charge in [0, 0.05) is 115 Å². The summed E-state index contributed by atoms with van der Waals surface area (Å²) in [5.74, 6) is 0.895. The van der Waals surface area contributed by atoms with E-state index in [1.165, 1.54) is 67.5 Å². The van der Waals surface area contributed by atoms with Gasteiger partial charge < -0.3 is 56.9 Å².